The molecule has 80 heavy (non-hydrogen) atoms. The third-order valence-electron chi connectivity index (χ3n) is 14.7. The van der Waals surface area contributed by atoms with Gasteiger partial charge >= 0.3 is 35.8 Å². The van der Waals surface area contributed by atoms with Crippen molar-refractivity contribution >= 4 is 94.5 Å². The Morgan fingerprint density at radius 3 is 1.35 bits per heavy atom. The van der Waals surface area contributed by atoms with Crippen molar-refractivity contribution < 1.29 is 52.6 Å². The molecule has 4 saturated heterocycles. The summed E-state index contributed by atoms with van der Waals surface area (Å²) in [5, 5.41) is 6.80. The molecule has 0 aliphatic carbocycles. The molecule has 0 radical (unpaired) electrons. The van der Waals surface area contributed by atoms with Gasteiger partial charge in [-0.15, -0.1) is 0 Å². The highest BCUT2D eigenvalue weighted by Crippen LogP contribution is 2.43. The number of cyclic esters (lactones) is 6. The van der Waals surface area contributed by atoms with Crippen LogP contribution in [0.1, 0.15) is 172 Å². The topological polar surface area (TPSA) is 400 Å². The van der Waals surface area contributed by atoms with Gasteiger partial charge in [0.15, 0.2) is 0 Å². The Balaban J connectivity index is -0.000000433. The van der Waals surface area contributed by atoms with Crippen LogP contribution in [-0.2, 0) is 59.0 Å². The molecule has 0 bridgehead atoms. The third kappa shape index (κ3) is 31.4. The molecule has 5 heterocycles. The summed E-state index contributed by atoms with van der Waals surface area (Å²) in [6.45, 7) is 26.2. The fourth-order valence-corrected chi connectivity index (χ4v) is 12.6. The van der Waals surface area contributed by atoms with Crippen molar-refractivity contribution in [3.63, 3.8) is 0 Å². The molecule has 4 fully saturated rings. The number of H-pyrrole nitrogens is 1. The molecular weight excluding hydrogens is 1100 g/mol. The molecule has 4 aliphatic heterocycles. The Hall–Kier alpha value is -3.27. The van der Waals surface area contributed by atoms with Gasteiger partial charge < -0.3 is 65.5 Å². The van der Waals surface area contributed by atoms with Crippen LogP contribution in [0.2, 0.25) is 0 Å². The quantitative estimate of drug-likeness (QED) is 0.0115. The first-order valence-electron chi connectivity index (χ1n) is 27.6. The first kappa shape index (κ1) is 83.2. The number of thiol groups is 2. The van der Waals surface area contributed by atoms with Gasteiger partial charge in [-0.25, -0.2) is 4.98 Å². The van der Waals surface area contributed by atoms with E-state index >= 15 is 0 Å². The van der Waals surface area contributed by atoms with Crippen molar-refractivity contribution in [3.8, 4) is 0 Å². The first-order valence-corrected chi connectivity index (χ1v) is 31.1. The molecule has 0 spiro atoms. The molecule has 18 N–H and O–H groups in total. The number of rotatable bonds is 24. The first-order chi connectivity index (χ1) is 36.2. The van der Waals surface area contributed by atoms with E-state index in [4.69, 9.17) is 17.2 Å². The zero-order valence-electron chi connectivity index (χ0n) is 50.6. The van der Waals surface area contributed by atoms with Gasteiger partial charge in [0.05, 0.1) is 41.8 Å². The summed E-state index contributed by atoms with van der Waals surface area (Å²) in [5.41, 5.74) is 16.5. The lowest BCUT2D eigenvalue weighted by Gasteiger charge is -2.28. The highest BCUT2D eigenvalue weighted by Gasteiger charge is 2.50. The van der Waals surface area contributed by atoms with Gasteiger partial charge in [-0.3, -0.25) is 38.4 Å². The molecule has 8 atom stereocenters. The zero-order valence-corrected chi connectivity index (χ0v) is 54.0. The van der Waals surface area contributed by atoms with Crippen molar-refractivity contribution in [1.82, 2.24) is 39.1 Å². The van der Waals surface area contributed by atoms with Crippen LogP contribution in [0.15, 0.2) is 12.5 Å². The SMILES string of the molecule is CCC(C)(C)C1C(=O)OC(=O)C1C.CCC(C)(C)C1C(=O)OC(=O)C1C.CCC(C)(C)C1C(=O)OC(=O)C1C.N.N.N.NCCNC(=O)CCCCC(S)CCS.NCCNC(=O)CCCCC1CCSS1.NCCc1cnc[nH]1. The van der Waals surface area contributed by atoms with Gasteiger partial charge in [-0.1, -0.05) is 137 Å². The second-order valence-corrected chi connectivity index (χ2v) is 25.9. The molecule has 25 heteroatoms. The fourth-order valence-electron chi connectivity index (χ4n) is 8.79. The zero-order chi connectivity index (χ0) is 58.9. The number of nitrogens with two attached hydrogens (primary N) is 3. The Morgan fingerprint density at radius 2 is 1.06 bits per heavy atom. The lowest BCUT2D eigenvalue weighted by atomic mass is 9.72. The van der Waals surface area contributed by atoms with Crippen LogP contribution < -0.4 is 46.3 Å². The minimum atomic E-state index is -0.378. The molecule has 1 aromatic rings. The minimum absolute atomic E-state index is 0. The molecule has 1 aromatic heterocycles. The number of aromatic amines is 1. The molecule has 0 aromatic carbocycles. The monoisotopic (exact) mass is 1210 g/mol. The van der Waals surface area contributed by atoms with Crippen LogP contribution in [0.5, 0.6) is 0 Å². The number of ether oxygens (including phenoxy) is 3. The lowest BCUT2D eigenvalue weighted by Crippen LogP contribution is -2.31. The van der Waals surface area contributed by atoms with E-state index in [-0.39, 0.29) is 118 Å². The second kappa shape index (κ2) is 44.3. The van der Waals surface area contributed by atoms with E-state index < -0.39 is 0 Å². The Labute approximate surface area is 498 Å². The summed E-state index contributed by atoms with van der Waals surface area (Å²) in [5.74, 6) is -1.47. The molecule has 4 aliphatic rings. The minimum Gasteiger partial charge on any atom is -0.393 e. The van der Waals surface area contributed by atoms with Crippen LogP contribution in [0.4, 0.5) is 0 Å². The molecule has 468 valence electrons. The largest absolute Gasteiger partial charge is 0.393 e. The second-order valence-electron chi connectivity index (χ2n) is 21.9. The van der Waals surface area contributed by atoms with E-state index in [0.717, 1.165) is 74.5 Å². The maximum atomic E-state index is 11.4. The molecule has 2 amide bonds. The number of amides is 2. The van der Waals surface area contributed by atoms with E-state index in [2.05, 4.69) is 60.1 Å². The van der Waals surface area contributed by atoms with E-state index in [1.165, 1.54) is 25.0 Å². The molecule has 5 rings (SSSR count). The number of hydrogen-bond donors (Lipinski definition) is 11. The van der Waals surface area contributed by atoms with Gasteiger partial charge in [-0.2, -0.15) is 25.3 Å². The Morgan fingerprint density at radius 1 is 0.662 bits per heavy atom. The molecule has 0 saturated carbocycles. The van der Waals surface area contributed by atoms with Crippen LogP contribution in [0, 0.1) is 51.8 Å². The van der Waals surface area contributed by atoms with Crippen LogP contribution in [-0.4, -0.2) is 112 Å². The van der Waals surface area contributed by atoms with E-state index in [9.17, 15) is 38.4 Å². The van der Waals surface area contributed by atoms with E-state index in [1.54, 1.807) is 33.3 Å². The third-order valence-corrected chi connectivity index (χ3v) is 18.5. The smallest absolute Gasteiger partial charge is 0.318 e. The van der Waals surface area contributed by atoms with E-state index in [1.807, 2.05) is 83.9 Å². The van der Waals surface area contributed by atoms with Crippen molar-refractivity contribution in [1.29, 1.82) is 0 Å². The fraction of sp³-hybridized carbons (Fsp3) is 0.800. The van der Waals surface area contributed by atoms with Crippen LogP contribution in [0.3, 0.4) is 0 Å². The number of aromatic nitrogens is 2. The van der Waals surface area contributed by atoms with Crippen molar-refractivity contribution in [3.05, 3.63) is 18.2 Å². The summed E-state index contributed by atoms with van der Waals surface area (Å²) in [6, 6.07) is 0. The van der Waals surface area contributed by atoms with Gasteiger partial charge in [0, 0.05) is 73.6 Å². The summed E-state index contributed by atoms with van der Waals surface area (Å²) >= 11 is 8.58. The summed E-state index contributed by atoms with van der Waals surface area (Å²) in [7, 11) is 4.00. The number of imidazole rings is 1. The van der Waals surface area contributed by atoms with E-state index in [0.29, 0.717) is 50.8 Å². The van der Waals surface area contributed by atoms with Crippen molar-refractivity contribution in [2.45, 2.75) is 183 Å². The number of hydrogen-bond acceptors (Lipinski definition) is 22. The molecule has 8 unspecified atom stereocenters. The number of unbranched alkanes of at least 4 members (excludes halogenated alkanes) is 2. The maximum Gasteiger partial charge on any atom is 0.318 e. The highest BCUT2D eigenvalue weighted by molar-refractivity contribution is 8.77. The van der Waals surface area contributed by atoms with Crippen LogP contribution >= 0.6 is 46.8 Å². The number of nitrogens with one attached hydrogen (secondary N) is 3. The predicted octanol–water partition coefficient (Wildman–Crippen LogP) is 8.69. The van der Waals surface area contributed by atoms with Gasteiger partial charge in [0.25, 0.3) is 0 Å². The van der Waals surface area contributed by atoms with Gasteiger partial charge in [0.1, 0.15) is 0 Å². The lowest BCUT2D eigenvalue weighted by molar-refractivity contribution is -0.156. The summed E-state index contributed by atoms with van der Waals surface area (Å²) < 4.78 is 13.8. The van der Waals surface area contributed by atoms with Crippen molar-refractivity contribution in [2.24, 2.45) is 69.0 Å². The summed E-state index contributed by atoms with van der Waals surface area (Å²) in [6.07, 6.45) is 17.1. The highest BCUT2D eigenvalue weighted by atomic mass is 33.1. The van der Waals surface area contributed by atoms with Gasteiger partial charge in [0.2, 0.25) is 11.8 Å². The standard InChI is InChI=1S/C10H20N2OS2.C10H22N2OS2.3C10H16O3.C5H9N3.3H3N/c11-6-7-12-10(13)4-2-1-3-9-5-8-14-15-9;11-6-7-12-10(13)4-2-1-3-9(15)5-8-14;3*1-5-10(3,4)7-6(2)8(11)13-9(7)12;6-2-1-5-3-7-4-8-5;;;/h9H,1-8,11H2,(H,12,13);9,14-15H,1-8,11H2,(H,12,13);3*6-7H,5H2,1-4H3;3-4H,1-2,6H2,(H,7,8);3*1H3. The number of carbonyl (C=O) groups excluding carboxylic acids is 8. The average Bonchev–Trinajstić information content (AvgIpc) is 4.23. The van der Waals surface area contributed by atoms with Crippen molar-refractivity contribution in [2.75, 3.05) is 44.2 Å². The van der Waals surface area contributed by atoms with Gasteiger partial charge in [-0.05, 0) is 67.1 Å². The average molecular weight is 1210 g/mol. The maximum absolute atomic E-state index is 11.4. The normalized spacial score (nSPS) is 21.4. The number of nitrogens with zero attached hydrogens (tertiary/aromatic N) is 1. The number of esters is 6. The Kier molecular flexibility index (Phi) is 46.0. The number of carbonyl (C=O) groups is 8. The Bertz CT molecular complexity index is 1800. The summed E-state index contributed by atoms with van der Waals surface area (Å²) in [4.78, 5) is 96.6. The predicted molar refractivity (Wildman–Crippen MR) is 331 cm³/mol. The van der Waals surface area contributed by atoms with Crippen LogP contribution in [0.25, 0.3) is 0 Å². The molecular formula is C55H108N10O11S4. The molecule has 21 nitrogen and oxygen atoms in total.